The maximum atomic E-state index is 10.9. The van der Waals surface area contributed by atoms with Crippen LogP contribution in [0.1, 0.15) is 26.2 Å². The summed E-state index contributed by atoms with van der Waals surface area (Å²) in [5.74, 6) is -0.488. The standard InChI is InChI=1S/C8H15ClN2O2/c1-6(9)8(13)11-5-3-2-4-7(10)12/h6H,2-5H2,1H3,(H2,10,12)(H,11,13). The van der Waals surface area contributed by atoms with E-state index in [9.17, 15) is 9.59 Å². The molecule has 0 saturated carbocycles. The van der Waals surface area contributed by atoms with Crippen molar-refractivity contribution in [2.45, 2.75) is 31.6 Å². The minimum absolute atomic E-state index is 0.180. The molecular formula is C8H15ClN2O2. The number of halogens is 1. The molecule has 1 unspecified atom stereocenters. The summed E-state index contributed by atoms with van der Waals surface area (Å²) in [7, 11) is 0. The van der Waals surface area contributed by atoms with Crippen molar-refractivity contribution in [3.63, 3.8) is 0 Å². The van der Waals surface area contributed by atoms with E-state index in [4.69, 9.17) is 17.3 Å². The van der Waals surface area contributed by atoms with Crippen LogP contribution in [0, 0.1) is 0 Å². The molecule has 0 aromatic carbocycles. The van der Waals surface area contributed by atoms with Gasteiger partial charge in [-0.3, -0.25) is 9.59 Å². The summed E-state index contributed by atoms with van der Waals surface area (Å²) >= 11 is 5.51. The van der Waals surface area contributed by atoms with E-state index in [-0.39, 0.29) is 11.8 Å². The van der Waals surface area contributed by atoms with Gasteiger partial charge in [0.1, 0.15) is 5.38 Å². The van der Waals surface area contributed by atoms with Crippen LogP contribution >= 0.6 is 11.6 Å². The second-order valence-corrected chi connectivity index (χ2v) is 3.49. The zero-order valence-electron chi connectivity index (χ0n) is 7.68. The molecule has 2 amide bonds. The van der Waals surface area contributed by atoms with Crippen LogP contribution < -0.4 is 11.1 Å². The van der Waals surface area contributed by atoms with Gasteiger partial charge in [-0.15, -0.1) is 11.6 Å². The van der Waals surface area contributed by atoms with Gasteiger partial charge in [0.05, 0.1) is 0 Å². The van der Waals surface area contributed by atoms with Gasteiger partial charge in [0, 0.05) is 13.0 Å². The lowest BCUT2D eigenvalue weighted by Gasteiger charge is -2.05. The highest BCUT2D eigenvalue weighted by atomic mass is 35.5. The quantitative estimate of drug-likeness (QED) is 0.487. The van der Waals surface area contributed by atoms with Gasteiger partial charge in [-0.1, -0.05) is 0 Å². The first-order chi connectivity index (χ1) is 6.04. The Labute approximate surface area is 82.8 Å². The largest absolute Gasteiger partial charge is 0.370 e. The number of rotatable bonds is 6. The van der Waals surface area contributed by atoms with E-state index in [1.807, 2.05) is 0 Å². The maximum absolute atomic E-state index is 10.9. The van der Waals surface area contributed by atoms with E-state index < -0.39 is 5.38 Å². The zero-order chi connectivity index (χ0) is 10.3. The second-order valence-electron chi connectivity index (χ2n) is 2.83. The van der Waals surface area contributed by atoms with Crippen molar-refractivity contribution in [1.82, 2.24) is 5.32 Å². The zero-order valence-corrected chi connectivity index (χ0v) is 8.43. The van der Waals surface area contributed by atoms with Gasteiger partial charge in [0.25, 0.3) is 0 Å². The Kier molecular flexibility index (Phi) is 6.32. The normalized spacial score (nSPS) is 12.2. The van der Waals surface area contributed by atoms with Gasteiger partial charge in [0.15, 0.2) is 0 Å². The van der Waals surface area contributed by atoms with Crippen LogP contribution in [0.2, 0.25) is 0 Å². The average molecular weight is 207 g/mol. The average Bonchev–Trinajstić information content (AvgIpc) is 2.02. The second kappa shape index (κ2) is 6.71. The van der Waals surface area contributed by atoms with Crippen molar-refractivity contribution < 1.29 is 9.59 Å². The van der Waals surface area contributed by atoms with Gasteiger partial charge in [-0.25, -0.2) is 0 Å². The van der Waals surface area contributed by atoms with E-state index in [1.165, 1.54) is 0 Å². The summed E-state index contributed by atoms with van der Waals surface area (Å²) in [4.78, 5) is 21.2. The van der Waals surface area contributed by atoms with Crippen molar-refractivity contribution in [3.8, 4) is 0 Å². The molecule has 0 bridgehead atoms. The van der Waals surface area contributed by atoms with Crippen molar-refractivity contribution in [3.05, 3.63) is 0 Å². The fourth-order valence-electron chi connectivity index (χ4n) is 0.776. The molecule has 0 aliphatic carbocycles. The first-order valence-corrected chi connectivity index (χ1v) is 4.67. The van der Waals surface area contributed by atoms with Gasteiger partial charge in [-0.2, -0.15) is 0 Å². The van der Waals surface area contributed by atoms with Crippen LogP contribution in [0.15, 0.2) is 0 Å². The highest BCUT2D eigenvalue weighted by Crippen LogP contribution is 1.95. The van der Waals surface area contributed by atoms with Crippen LogP contribution in [-0.4, -0.2) is 23.7 Å². The van der Waals surface area contributed by atoms with E-state index >= 15 is 0 Å². The molecule has 3 N–H and O–H groups in total. The Morgan fingerprint density at radius 2 is 2.08 bits per heavy atom. The molecule has 76 valence electrons. The summed E-state index contributed by atoms with van der Waals surface area (Å²) in [5, 5.41) is 2.13. The Morgan fingerprint density at radius 1 is 1.46 bits per heavy atom. The summed E-state index contributed by atoms with van der Waals surface area (Å²) in [5.41, 5.74) is 4.94. The number of carbonyl (C=O) groups excluding carboxylic acids is 2. The topological polar surface area (TPSA) is 72.2 Å². The first-order valence-electron chi connectivity index (χ1n) is 4.24. The Bertz CT molecular complexity index is 183. The number of nitrogens with one attached hydrogen (secondary N) is 1. The first kappa shape index (κ1) is 12.2. The van der Waals surface area contributed by atoms with Crippen LogP contribution in [0.5, 0.6) is 0 Å². The monoisotopic (exact) mass is 206 g/mol. The Balaban J connectivity index is 3.26. The lowest BCUT2D eigenvalue weighted by atomic mass is 10.2. The molecule has 5 heteroatoms. The smallest absolute Gasteiger partial charge is 0.237 e. The third-order valence-corrected chi connectivity index (χ3v) is 1.71. The number of alkyl halides is 1. The van der Waals surface area contributed by atoms with E-state index in [2.05, 4.69) is 5.32 Å². The molecule has 13 heavy (non-hydrogen) atoms. The van der Waals surface area contributed by atoms with Crippen LogP contribution in [-0.2, 0) is 9.59 Å². The maximum Gasteiger partial charge on any atom is 0.237 e. The lowest BCUT2D eigenvalue weighted by molar-refractivity contribution is -0.120. The van der Waals surface area contributed by atoms with Crippen LogP contribution in [0.4, 0.5) is 0 Å². The molecular weight excluding hydrogens is 192 g/mol. The summed E-state index contributed by atoms with van der Waals surface area (Å²) in [6.07, 6.45) is 1.82. The van der Waals surface area contributed by atoms with Crippen LogP contribution in [0.25, 0.3) is 0 Å². The minimum atomic E-state index is -0.504. The predicted octanol–water partition coefficient (Wildman–Crippen LogP) is 0.386. The summed E-state index contributed by atoms with van der Waals surface area (Å²) in [6.45, 7) is 2.16. The van der Waals surface area contributed by atoms with E-state index in [1.54, 1.807) is 6.92 Å². The Morgan fingerprint density at radius 3 is 2.54 bits per heavy atom. The number of nitrogens with two attached hydrogens (primary N) is 1. The number of primary amides is 1. The third-order valence-electron chi connectivity index (χ3n) is 1.51. The molecule has 0 fully saturated rings. The van der Waals surface area contributed by atoms with E-state index in [0.29, 0.717) is 19.4 Å². The van der Waals surface area contributed by atoms with Crippen molar-refractivity contribution >= 4 is 23.4 Å². The highest BCUT2D eigenvalue weighted by molar-refractivity contribution is 6.30. The number of carbonyl (C=O) groups is 2. The molecule has 0 aliphatic rings. The molecule has 0 heterocycles. The van der Waals surface area contributed by atoms with Crippen molar-refractivity contribution in [2.24, 2.45) is 5.73 Å². The molecule has 0 radical (unpaired) electrons. The highest BCUT2D eigenvalue weighted by Gasteiger charge is 2.06. The van der Waals surface area contributed by atoms with Gasteiger partial charge in [0.2, 0.25) is 11.8 Å². The molecule has 1 atom stereocenters. The summed E-state index contributed by atoms with van der Waals surface area (Å²) < 4.78 is 0. The van der Waals surface area contributed by atoms with Crippen molar-refractivity contribution in [2.75, 3.05) is 6.54 Å². The molecule has 0 saturated heterocycles. The molecule has 0 spiro atoms. The molecule has 4 nitrogen and oxygen atoms in total. The number of unbranched alkanes of at least 4 members (excludes halogenated alkanes) is 1. The fraction of sp³-hybridized carbons (Fsp3) is 0.750. The SMILES string of the molecule is CC(Cl)C(=O)NCCCCC(N)=O. The Hall–Kier alpha value is -0.770. The predicted molar refractivity (Wildman–Crippen MR) is 51.4 cm³/mol. The van der Waals surface area contributed by atoms with Gasteiger partial charge in [-0.05, 0) is 19.8 Å². The number of amides is 2. The minimum Gasteiger partial charge on any atom is -0.370 e. The molecule has 0 aromatic heterocycles. The summed E-state index contributed by atoms with van der Waals surface area (Å²) in [6, 6.07) is 0. The molecule has 0 aromatic rings. The van der Waals surface area contributed by atoms with Gasteiger partial charge >= 0.3 is 0 Å². The van der Waals surface area contributed by atoms with Gasteiger partial charge < -0.3 is 11.1 Å². The molecule has 0 aliphatic heterocycles. The van der Waals surface area contributed by atoms with E-state index in [0.717, 1.165) is 6.42 Å². The molecule has 0 rings (SSSR count). The lowest BCUT2D eigenvalue weighted by Crippen LogP contribution is -2.30. The van der Waals surface area contributed by atoms with Crippen molar-refractivity contribution in [1.29, 1.82) is 0 Å². The van der Waals surface area contributed by atoms with Crippen LogP contribution in [0.3, 0.4) is 0 Å². The number of hydrogen-bond acceptors (Lipinski definition) is 2. The fourth-order valence-corrected chi connectivity index (χ4v) is 0.854. The number of hydrogen-bond donors (Lipinski definition) is 2. The third kappa shape index (κ3) is 7.59.